The van der Waals surface area contributed by atoms with E-state index >= 15 is 0 Å². The molecule has 0 aromatic carbocycles. The zero-order valence-electron chi connectivity index (χ0n) is 7.78. The highest BCUT2D eigenvalue weighted by atomic mass is 32.2. The molecule has 0 unspecified atom stereocenters. The lowest BCUT2D eigenvalue weighted by molar-refractivity contribution is 0.218. The van der Waals surface area contributed by atoms with E-state index in [1.807, 2.05) is 6.92 Å². The molecule has 1 heterocycles. The molecular formula is C8H13N3OS. The Morgan fingerprint density at radius 1 is 1.54 bits per heavy atom. The molecule has 1 aromatic rings. The lowest BCUT2D eigenvalue weighted by atomic mass is 10.5. The zero-order valence-corrected chi connectivity index (χ0v) is 8.60. The summed E-state index contributed by atoms with van der Waals surface area (Å²) in [6.07, 6.45) is 0. The molecule has 0 aliphatic carbocycles. The normalized spacial score (nSPS) is 10.3. The van der Waals surface area contributed by atoms with E-state index in [0.29, 0.717) is 18.2 Å². The minimum absolute atomic E-state index is 0.521. The third-order valence-electron chi connectivity index (χ3n) is 1.37. The summed E-state index contributed by atoms with van der Waals surface area (Å²) in [5, 5.41) is 0.905. The Morgan fingerprint density at radius 2 is 2.31 bits per heavy atom. The molecule has 0 amide bonds. The fourth-order valence-corrected chi connectivity index (χ4v) is 1.73. The quantitative estimate of drug-likeness (QED) is 0.447. The van der Waals surface area contributed by atoms with Crippen LogP contribution in [0, 0.1) is 6.92 Å². The Labute approximate surface area is 81.9 Å². The Balaban J connectivity index is 2.56. The molecule has 0 spiro atoms. The molecule has 5 heteroatoms. The van der Waals surface area contributed by atoms with Crippen molar-refractivity contribution in [3.63, 3.8) is 0 Å². The number of methoxy groups -OCH3 is 1. The van der Waals surface area contributed by atoms with Crippen molar-refractivity contribution in [3.8, 4) is 0 Å². The fraction of sp³-hybridized carbons (Fsp3) is 0.500. The van der Waals surface area contributed by atoms with Crippen LogP contribution in [0.15, 0.2) is 11.1 Å². The van der Waals surface area contributed by atoms with Gasteiger partial charge in [-0.15, -0.1) is 11.8 Å². The number of hydrogen-bond donors (Lipinski definition) is 1. The third-order valence-corrected chi connectivity index (χ3v) is 2.25. The highest BCUT2D eigenvalue weighted by molar-refractivity contribution is 7.99. The first-order valence-electron chi connectivity index (χ1n) is 3.95. The van der Waals surface area contributed by atoms with E-state index in [1.165, 1.54) is 0 Å². The monoisotopic (exact) mass is 199 g/mol. The van der Waals surface area contributed by atoms with Gasteiger partial charge >= 0.3 is 0 Å². The highest BCUT2D eigenvalue weighted by Gasteiger charge is 1.99. The first-order valence-corrected chi connectivity index (χ1v) is 4.94. The Hall–Kier alpha value is -0.810. The van der Waals surface area contributed by atoms with Gasteiger partial charge < -0.3 is 10.5 Å². The van der Waals surface area contributed by atoms with Gasteiger partial charge in [0.15, 0.2) is 0 Å². The molecule has 0 saturated heterocycles. The van der Waals surface area contributed by atoms with Crippen molar-refractivity contribution >= 4 is 17.6 Å². The SMILES string of the molecule is COCCSc1cc(N)nc(C)n1. The molecule has 0 fully saturated rings. The summed E-state index contributed by atoms with van der Waals surface area (Å²) < 4.78 is 4.93. The molecule has 2 N–H and O–H groups in total. The molecule has 1 rings (SSSR count). The van der Waals surface area contributed by atoms with Crippen LogP contribution in [-0.2, 0) is 4.74 Å². The van der Waals surface area contributed by atoms with Crippen LogP contribution in [0.25, 0.3) is 0 Å². The zero-order chi connectivity index (χ0) is 9.68. The average molecular weight is 199 g/mol. The summed E-state index contributed by atoms with van der Waals surface area (Å²) in [5.74, 6) is 2.11. The van der Waals surface area contributed by atoms with Gasteiger partial charge in [0.1, 0.15) is 16.7 Å². The molecule has 0 aliphatic heterocycles. The van der Waals surface area contributed by atoms with Crippen molar-refractivity contribution in [2.45, 2.75) is 11.9 Å². The van der Waals surface area contributed by atoms with E-state index in [0.717, 1.165) is 10.8 Å². The second kappa shape index (κ2) is 5.04. The molecule has 72 valence electrons. The standard InChI is InChI=1S/C8H13N3OS/c1-6-10-7(9)5-8(11-6)13-4-3-12-2/h5H,3-4H2,1-2H3,(H2,9,10,11). The van der Waals surface area contributed by atoms with Gasteiger partial charge in [0.25, 0.3) is 0 Å². The van der Waals surface area contributed by atoms with Crippen molar-refractivity contribution in [2.75, 3.05) is 25.2 Å². The summed E-state index contributed by atoms with van der Waals surface area (Å²) in [7, 11) is 1.68. The van der Waals surface area contributed by atoms with Gasteiger partial charge in [-0.3, -0.25) is 0 Å². The van der Waals surface area contributed by atoms with Gasteiger partial charge in [-0.05, 0) is 6.92 Å². The minimum Gasteiger partial charge on any atom is -0.384 e. The summed E-state index contributed by atoms with van der Waals surface area (Å²) in [4.78, 5) is 8.21. The van der Waals surface area contributed by atoms with E-state index < -0.39 is 0 Å². The Bertz CT molecular complexity index is 260. The number of rotatable bonds is 4. The van der Waals surface area contributed by atoms with Crippen molar-refractivity contribution in [2.24, 2.45) is 0 Å². The van der Waals surface area contributed by atoms with E-state index in [9.17, 15) is 0 Å². The van der Waals surface area contributed by atoms with Gasteiger partial charge in [-0.2, -0.15) is 0 Å². The summed E-state index contributed by atoms with van der Waals surface area (Å²) in [6, 6.07) is 1.77. The predicted octanol–water partition coefficient (Wildman–Crippen LogP) is 1.11. The van der Waals surface area contributed by atoms with E-state index in [-0.39, 0.29) is 0 Å². The first kappa shape index (κ1) is 10.3. The van der Waals surface area contributed by atoms with E-state index in [2.05, 4.69) is 9.97 Å². The second-order valence-electron chi connectivity index (χ2n) is 2.52. The van der Waals surface area contributed by atoms with Crippen LogP contribution in [0.1, 0.15) is 5.82 Å². The van der Waals surface area contributed by atoms with Crippen LogP contribution in [-0.4, -0.2) is 29.4 Å². The average Bonchev–Trinajstić information content (AvgIpc) is 2.03. The van der Waals surface area contributed by atoms with Crippen molar-refractivity contribution in [1.82, 2.24) is 9.97 Å². The first-order chi connectivity index (χ1) is 6.22. The maximum absolute atomic E-state index is 5.57. The summed E-state index contributed by atoms with van der Waals surface area (Å²) >= 11 is 1.62. The van der Waals surface area contributed by atoms with E-state index in [1.54, 1.807) is 24.9 Å². The fourth-order valence-electron chi connectivity index (χ4n) is 0.866. The number of hydrogen-bond acceptors (Lipinski definition) is 5. The molecule has 0 saturated carbocycles. The molecule has 4 nitrogen and oxygen atoms in total. The molecule has 0 atom stereocenters. The molecule has 0 radical (unpaired) electrons. The maximum atomic E-state index is 5.57. The van der Waals surface area contributed by atoms with Gasteiger partial charge in [-0.1, -0.05) is 0 Å². The van der Waals surface area contributed by atoms with Crippen LogP contribution < -0.4 is 5.73 Å². The molecular weight excluding hydrogens is 186 g/mol. The summed E-state index contributed by atoms with van der Waals surface area (Å²) in [6.45, 7) is 2.55. The van der Waals surface area contributed by atoms with Crippen molar-refractivity contribution < 1.29 is 4.74 Å². The van der Waals surface area contributed by atoms with Gasteiger partial charge in [0.2, 0.25) is 0 Å². The smallest absolute Gasteiger partial charge is 0.128 e. The van der Waals surface area contributed by atoms with Crippen LogP contribution in [0.2, 0.25) is 0 Å². The summed E-state index contributed by atoms with van der Waals surface area (Å²) in [5.41, 5.74) is 5.57. The lowest BCUT2D eigenvalue weighted by Gasteiger charge is -2.01. The number of thioether (sulfide) groups is 1. The van der Waals surface area contributed by atoms with Gasteiger partial charge in [0.05, 0.1) is 6.61 Å². The third kappa shape index (κ3) is 3.61. The van der Waals surface area contributed by atoms with Gasteiger partial charge in [-0.25, -0.2) is 9.97 Å². The number of nitrogen functional groups attached to an aromatic ring is 1. The van der Waals surface area contributed by atoms with Crippen LogP contribution >= 0.6 is 11.8 Å². The minimum atomic E-state index is 0.521. The predicted molar refractivity (Wildman–Crippen MR) is 53.8 cm³/mol. The number of aryl methyl sites for hydroxylation is 1. The molecule has 13 heavy (non-hydrogen) atoms. The number of anilines is 1. The van der Waals surface area contributed by atoms with E-state index in [4.69, 9.17) is 10.5 Å². The van der Waals surface area contributed by atoms with Crippen LogP contribution in [0.4, 0.5) is 5.82 Å². The number of nitrogens with zero attached hydrogens (tertiary/aromatic N) is 2. The number of aromatic nitrogens is 2. The van der Waals surface area contributed by atoms with Gasteiger partial charge in [0, 0.05) is 18.9 Å². The molecule has 1 aromatic heterocycles. The van der Waals surface area contributed by atoms with Crippen LogP contribution in [0.5, 0.6) is 0 Å². The molecule has 0 bridgehead atoms. The number of ether oxygens (including phenoxy) is 1. The Kier molecular flexibility index (Phi) is 3.98. The second-order valence-corrected chi connectivity index (χ2v) is 3.63. The lowest BCUT2D eigenvalue weighted by Crippen LogP contribution is -1.98. The maximum Gasteiger partial charge on any atom is 0.128 e. The molecule has 0 aliphatic rings. The van der Waals surface area contributed by atoms with Crippen molar-refractivity contribution in [3.05, 3.63) is 11.9 Å². The highest BCUT2D eigenvalue weighted by Crippen LogP contribution is 2.16. The largest absolute Gasteiger partial charge is 0.384 e. The van der Waals surface area contributed by atoms with Crippen LogP contribution in [0.3, 0.4) is 0 Å². The Morgan fingerprint density at radius 3 is 2.92 bits per heavy atom. The topological polar surface area (TPSA) is 61.0 Å². The van der Waals surface area contributed by atoms with Crippen molar-refractivity contribution in [1.29, 1.82) is 0 Å². The number of nitrogens with two attached hydrogens (primary N) is 1.